The highest BCUT2D eigenvalue weighted by atomic mass is 19.4. The van der Waals surface area contributed by atoms with Gasteiger partial charge in [0.2, 0.25) is 0 Å². The predicted molar refractivity (Wildman–Crippen MR) is 144 cm³/mol. The van der Waals surface area contributed by atoms with Gasteiger partial charge < -0.3 is 14.8 Å². The first kappa shape index (κ1) is 27.3. The van der Waals surface area contributed by atoms with E-state index >= 15 is 0 Å². The maximum Gasteiger partial charge on any atom is 0.416 e. The second-order valence-corrected chi connectivity index (χ2v) is 8.48. The predicted octanol–water partition coefficient (Wildman–Crippen LogP) is 6.43. The van der Waals surface area contributed by atoms with Gasteiger partial charge in [0.15, 0.2) is 11.5 Å². The van der Waals surface area contributed by atoms with Gasteiger partial charge in [-0.05, 0) is 53.1 Å². The number of carbonyl (C=O) groups excluding carboxylic acids is 1. The number of benzene rings is 4. The minimum atomic E-state index is -4.46. The molecule has 9 heteroatoms. The molecule has 0 atom stereocenters. The molecule has 0 radical (unpaired) electrons. The molecule has 0 heterocycles. The van der Waals surface area contributed by atoms with E-state index in [-0.39, 0.29) is 12.2 Å². The van der Waals surface area contributed by atoms with Crippen molar-refractivity contribution in [2.45, 2.75) is 19.4 Å². The smallest absolute Gasteiger partial charge is 0.416 e. The number of hydrogen-bond acceptors (Lipinski definition) is 5. The Labute approximate surface area is 224 Å². The summed E-state index contributed by atoms with van der Waals surface area (Å²) in [5.41, 5.74) is 4.39. The molecular weight excluding hydrogens is 507 g/mol. The fraction of sp³-hybridized carbons (Fsp3) is 0.133. The first-order chi connectivity index (χ1) is 18.9. The highest BCUT2D eigenvalue weighted by Crippen LogP contribution is 2.31. The van der Waals surface area contributed by atoms with Crippen molar-refractivity contribution in [3.05, 3.63) is 125 Å². The Hall–Kier alpha value is -4.79. The fourth-order valence-electron chi connectivity index (χ4n) is 3.51. The number of carbonyl (C=O) groups is 1. The minimum absolute atomic E-state index is 0.176. The zero-order chi connectivity index (χ0) is 27.5. The molecule has 0 spiro atoms. The molecule has 0 aliphatic carbocycles. The van der Waals surface area contributed by atoms with Crippen LogP contribution in [0.5, 0.6) is 11.5 Å². The summed E-state index contributed by atoms with van der Waals surface area (Å²) in [6, 6.07) is 29.4. The van der Waals surface area contributed by atoms with Crippen molar-refractivity contribution in [3.63, 3.8) is 0 Å². The molecule has 0 aliphatic heterocycles. The lowest BCUT2D eigenvalue weighted by Gasteiger charge is -2.14. The van der Waals surface area contributed by atoms with E-state index in [1.165, 1.54) is 18.3 Å². The molecule has 200 valence electrons. The lowest BCUT2D eigenvalue weighted by Crippen LogP contribution is -2.26. The SMILES string of the molecule is O=C(CNc1cccc(C(F)(F)F)c1)N/N=C/c1ccc(OCc2ccccc2)c(OCc2ccccc2)c1. The Morgan fingerprint density at radius 2 is 1.41 bits per heavy atom. The quantitative estimate of drug-likeness (QED) is 0.172. The molecule has 1 amide bonds. The van der Waals surface area contributed by atoms with Crippen LogP contribution in [0.15, 0.2) is 108 Å². The molecule has 0 aliphatic rings. The van der Waals surface area contributed by atoms with Crippen LogP contribution in [0.1, 0.15) is 22.3 Å². The number of alkyl halides is 3. The zero-order valence-corrected chi connectivity index (χ0v) is 20.8. The summed E-state index contributed by atoms with van der Waals surface area (Å²) in [7, 11) is 0. The van der Waals surface area contributed by atoms with Crippen molar-refractivity contribution in [1.29, 1.82) is 0 Å². The van der Waals surface area contributed by atoms with E-state index in [0.717, 1.165) is 23.3 Å². The number of ether oxygens (including phenoxy) is 2. The third-order valence-electron chi connectivity index (χ3n) is 5.49. The molecular formula is C30H26F3N3O3. The van der Waals surface area contributed by atoms with E-state index in [4.69, 9.17) is 9.47 Å². The van der Waals surface area contributed by atoms with Gasteiger partial charge in [0, 0.05) is 5.69 Å². The normalized spacial score (nSPS) is 11.3. The van der Waals surface area contributed by atoms with Crippen LogP contribution in [0.2, 0.25) is 0 Å². The summed E-state index contributed by atoms with van der Waals surface area (Å²) in [6.07, 6.45) is -3.02. The van der Waals surface area contributed by atoms with Crippen LogP contribution < -0.4 is 20.2 Å². The van der Waals surface area contributed by atoms with Gasteiger partial charge in [-0.2, -0.15) is 18.3 Å². The van der Waals surface area contributed by atoms with Crippen LogP contribution in [0.4, 0.5) is 18.9 Å². The Morgan fingerprint density at radius 3 is 2.05 bits per heavy atom. The van der Waals surface area contributed by atoms with Crippen molar-refractivity contribution >= 4 is 17.8 Å². The van der Waals surface area contributed by atoms with Crippen LogP contribution in [-0.2, 0) is 24.2 Å². The molecule has 0 aromatic heterocycles. The first-order valence-corrected chi connectivity index (χ1v) is 12.1. The van der Waals surface area contributed by atoms with Gasteiger partial charge in [0.1, 0.15) is 13.2 Å². The number of hydrogen-bond donors (Lipinski definition) is 2. The van der Waals surface area contributed by atoms with Crippen LogP contribution >= 0.6 is 0 Å². The first-order valence-electron chi connectivity index (χ1n) is 12.1. The van der Waals surface area contributed by atoms with Crippen molar-refractivity contribution in [1.82, 2.24) is 5.43 Å². The van der Waals surface area contributed by atoms with E-state index in [1.54, 1.807) is 18.2 Å². The van der Waals surface area contributed by atoms with Crippen LogP contribution in [0.3, 0.4) is 0 Å². The Morgan fingerprint density at radius 1 is 0.769 bits per heavy atom. The standard InChI is InChI=1S/C30H26F3N3O3/c31-30(32,33)25-12-7-13-26(17-25)34-19-29(37)36-35-18-24-14-15-27(38-20-22-8-3-1-4-9-22)28(16-24)39-21-23-10-5-2-6-11-23/h1-18,34H,19-21H2,(H,36,37)/b35-18+. The van der Waals surface area contributed by atoms with Gasteiger partial charge in [-0.15, -0.1) is 0 Å². The molecule has 0 fully saturated rings. The highest BCUT2D eigenvalue weighted by Gasteiger charge is 2.30. The molecule has 0 unspecified atom stereocenters. The third-order valence-corrected chi connectivity index (χ3v) is 5.49. The highest BCUT2D eigenvalue weighted by molar-refractivity contribution is 5.84. The zero-order valence-electron chi connectivity index (χ0n) is 20.8. The molecule has 39 heavy (non-hydrogen) atoms. The average Bonchev–Trinajstić information content (AvgIpc) is 2.95. The summed E-state index contributed by atoms with van der Waals surface area (Å²) in [4.78, 5) is 12.1. The molecule has 2 N–H and O–H groups in total. The molecule has 4 aromatic carbocycles. The van der Waals surface area contributed by atoms with Crippen LogP contribution in [0.25, 0.3) is 0 Å². The van der Waals surface area contributed by atoms with E-state index in [9.17, 15) is 18.0 Å². The Balaban J connectivity index is 1.37. The minimum Gasteiger partial charge on any atom is -0.485 e. The van der Waals surface area contributed by atoms with Gasteiger partial charge in [-0.1, -0.05) is 66.7 Å². The van der Waals surface area contributed by atoms with E-state index in [0.29, 0.717) is 30.3 Å². The maximum absolute atomic E-state index is 12.9. The second kappa shape index (κ2) is 13.1. The third kappa shape index (κ3) is 8.63. The summed E-state index contributed by atoms with van der Waals surface area (Å²) in [6.45, 7) is 0.447. The topological polar surface area (TPSA) is 72.0 Å². The summed E-state index contributed by atoms with van der Waals surface area (Å²) < 4.78 is 50.6. The lowest BCUT2D eigenvalue weighted by molar-refractivity contribution is -0.137. The summed E-state index contributed by atoms with van der Waals surface area (Å²) >= 11 is 0. The van der Waals surface area contributed by atoms with Crippen LogP contribution in [0, 0.1) is 0 Å². The number of nitrogens with one attached hydrogen (secondary N) is 2. The molecule has 4 rings (SSSR count). The van der Waals surface area contributed by atoms with Crippen molar-refractivity contribution < 1.29 is 27.4 Å². The van der Waals surface area contributed by atoms with Gasteiger partial charge in [-0.25, -0.2) is 5.43 Å². The van der Waals surface area contributed by atoms with Gasteiger partial charge in [-0.3, -0.25) is 4.79 Å². The largest absolute Gasteiger partial charge is 0.485 e. The number of hydrazone groups is 1. The average molecular weight is 534 g/mol. The maximum atomic E-state index is 12.9. The van der Waals surface area contributed by atoms with Gasteiger partial charge >= 0.3 is 6.18 Å². The number of rotatable bonds is 11. The van der Waals surface area contributed by atoms with Crippen molar-refractivity contribution in [2.24, 2.45) is 5.10 Å². The Kier molecular flexibility index (Phi) is 9.18. The molecule has 0 bridgehead atoms. The second-order valence-electron chi connectivity index (χ2n) is 8.48. The molecule has 6 nitrogen and oxygen atoms in total. The van der Waals surface area contributed by atoms with E-state index < -0.39 is 17.6 Å². The van der Waals surface area contributed by atoms with Crippen molar-refractivity contribution in [2.75, 3.05) is 11.9 Å². The molecule has 0 saturated carbocycles. The van der Waals surface area contributed by atoms with Gasteiger partial charge in [0.25, 0.3) is 5.91 Å². The summed E-state index contributed by atoms with van der Waals surface area (Å²) in [5.74, 6) is 0.546. The molecule has 0 saturated heterocycles. The number of nitrogens with zero attached hydrogens (tertiary/aromatic N) is 1. The van der Waals surface area contributed by atoms with Gasteiger partial charge in [0.05, 0.1) is 18.3 Å². The fourth-order valence-corrected chi connectivity index (χ4v) is 3.51. The monoisotopic (exact) mass is 533 g/mol. The Bertz CT molecular complexity index is 1390. The lowest BCUT2D eigenvalue weighted by atomic mass is 10.2. The number of amides is 1. The summed E-state index contributed by atoms with van der Waals surface area (Å²) in [5, 5.41) is 6.61. The van der Waals surface area contributed by atoms with E-state index in [2.05, 4.69) is 15.8 Å². The van der Waals surface area contributed by atoms with E-state index in [1.807, 2.05) is 60.7 Å². The molecule has 4 aromatic rings. The van der Waals surface area contributed by atoms with Crippen LogP contribution in [-0.4, -0.2) is 18.7 Å². The number of halogens is 3. The van der Waals surface area contributed by atoms with Crippen molar-refractivity contribution in [3.8, 4) is 11.5 Å². The number of anilines is 1.